The molecule has 0 aliphatic heterocycles. The Kier molecular flexibility index (Phi) is 4.73. The summed E-state index contributed by atoms with van der Waals surface area (Å²) in [5.74, 6) is -0.915. The molecule has 0 aromatic heterocycles. The van der Waals surface area contributed by atoms with Crippen molar-refractivity contribution in [3.05, 3.63) is 71.0 Å². The number of carbonyl (C=O) groups excluding carboxylic acids is 1. The highest BCUT2D eigenvalue weighted by atomic mass is 19.4. The van der Waals surface area contributed by atoms with Crippen LogP contribution in [0.5, 0.6) is 0 Å². The fraction of sp³-hybridized carbons (Fsp3) is 0.235. The van der Waals surface area contributed by atoms with E-state index in [-0.39, 0.29) is 5.56 Å². The fourth-order valence-corrected chi connectivity index (χ4v) is 2.20. The first-order chi connectivity index (χ1) is 10.7. The zero-order valence-electron chi connectivity index (χ0n) is 12.6. The number of hydrogen-bond donors (Lipinski definition) is 0. The van der Waals surface area contributed by atoms with E-state index < -0.39 is 29.5 Å². The zero-order chi connectivity index (χ0) is 17.2. The normalized spacial score (nSPS) is 12.8. The third-order valence-electron chi connectivity index (χ3n) is 3.72. The van der Waals surface area contributed by atoms with E-state index >= 15 is 0 Å². The topological polar surface area (TPSA) is 20.3 Å². The van der Waals surface area contributed by atoms with Crippen LogP contribution in [0.1, 0.15) is 34.5 Å². The lowest BCUT2D eigenvalue weighted by molar-refractivity contribution is -0.137. The van der Waals surface area contributed by atoms with Gasteiger partial charge in [-0.05, 0) is 37.3 Å². The summed E-state index contributed by atoms with van der Waals surface area (Å²) in [6, 6.07) is 9.47. The molecule has 0 fully saturated rings. The van der Waals surface area contributed by atoms with Crippen LogP contribution >= 0.6 is 0 Å². The molecule has 0 bridgehead atoms. The van der Waals surface area contributed by atoms with Gasteiger partial charge in [0.1, 0.15) is 5.82 Å². The second kappa shape index (κ2) is 6.40. The lowest BCUT2D eigenvalue weighted by Crippen LogP contribution is -2.30. The number of benzene rings is 2. The van der Waals surface area contributed by atoms with Gasteiger partial charge in [0.2, 0.25) is 0 Å². The van der Waals surface area contributed by atoms with Crippen molar-refractivity contribution in [2.45, 2.75) is 19.1 Å². The number of carbonyl (C=O) groups is 1. The molecule has 2 nitrogen and oxygen atoms in total. The Bertz CT molecular complexity index is 694. The van der Waals surface area contributed by atoms with E-state index in [2.05, 4.69) is 0 Å². The van der Waals surface area contributed by atoms with Crippen LogP contribution in [0.4, 0.5) is 17.6 Å². The van der Waals surface area contributed by atoms with Crippen LogP contribution in [0, 0.1) is 5.82 Å². The van der Waals surface area contributed by atoms with Gasteiger partial charge < -0.3 is 4.90 Å². The average Bonchev–Trinajstić information content (AvgIpc) is 2.52. The van der Waals surface area contributed by atoms with E-state index in [0.29, 0.717) is 5.56 Å². The third kappa shape index (κ3) is 3.70. The number of halogens is 4. The van der Waals surface area contributed by atoms with Gasteiger partial charge >= 0.3 is 6.18 Å². The molecular weight excluding hydrogens is 310 g/mol. The lowest BCUT2D eigenvalue weighted by Gasteiger charge is -2.26. The first-order valence-electron chi connectivity index (χ1n) is 6.90. The summed E-state index contributed by atoms with van der Waals surface area (Å²) in [6.07, 6.45) is -4.45. The number of nitrogens with zero attached hydrogens (tertiary/aromatic N) is 1. The maximum Gasteiger partial charge on any atom is 0.416 e. The van der Waals surface area contributed by atoms with Gasteiger partial charge in [-0.2, -0.15) is 13.2 Å². The maximum absolute atomic E-state index is 13.8. The van der Waals surface area contributed by atoms with Crippen LogP contribution in [-0.2, 0) is 6.18 Å². The standard InChI is InChI=1S/C17H15F4NO/c1-11(14-5-3-4-6-15(14)18)22(2)16(23)12-7-9-13(10-8-12)17(19,20)21/h3-11H,1-2H3. The van der Waals surface area contributed by atoms with E-state index in [9.17, 15) is 22.4 Å². The van der Waals surface area contributed by atoms with Crippen molar-refractivity contribution < 1.29 is 22.4 Å². The molecule has 1 amide bonds. The summed E-state index contributed by atoms with van der Waals surface area (Å²) >= 11 is 0. The lowest BCUT2D eigenvalue weighted by atomic mass is 10.0. The van der Waals surface area contributed by atoms with Crippen molar-refractivity contribution in [3.8, 4) is 0 Å². The molecule has 6 heteroatoms. The van der Waals surface area contributed by atoms with Gasteiger partial charge in [-0.1, -0.05) is 18.2 Å². The Morgan fingerprint density at radius 1 is 1.04 bits per heavy atom. The summed E-state index contributed by atoms with van der Waals surface area (Å²) in [6.45, 7) is 1.65. The molecule has 2 aromatic rings. The largest absolute Gasteiger partial charge is 0.416 e. The Balaban J connectivity index is 2.21. The van der Waals surface area contributed by atoms with Gasteiger partial charge in [0, 0.05) is 18.2 Å². The monoisotopic (exact) mass is 325 g/mol. The van der Waals surface area contributed by atoms with Crippen LogP contribution in [0.2, 0.25) is 0 Å². The average molecular weight is 325 g/mol. The smallest absolute Gasteiger partial charge is 0.335 e. The predicted molar refractivity (Wildman–Crippen MR) is 78.4 cm³/mol. The summed E-state index contributed by atoms with van der Waals surface area (Å²) in [7, 11) is 1.48. The molecular formula is C17H15F4NO. The van der Waals surface area contributed by atoms with Crippen LogP contribution < -0.4 is 0 Å². The van der Waals surface area contributed by atoms with Crippen molar-refractivity contribution in [3.63, 3.8) is 0 Å². The van der Waals surface area contributed by atoms with Gasteiger partial charge in [0.15, 0.2) is 0 Å². The van der Waals surface area contributed by atoms with Crippen LogP contribution in [0.15, 0.2) is 48.5 Å². The molecule has 0 aliphatic carbocycles. The van der Waals surface area contributed by atoms with E-state index in [1.807, 2.05) is 0 Å². The Morgan fingerprint density at radius 3 is 2.13 bits per heavy atom. The van der Waals surface area contributed by atoms with E-state index in [4.69, 9.17) is 0 Å². The van der Waals surface area contributed by atoms with Gasteiger partial charge in [-0.25, -0.2) is 4.39 Å². The number of alkyl halides is 3. The van der Waals surface area contributed by atoms with Gasteiger partial charge in [-0.3, -0.25) is 4.79 Å². The summed E-state index contributed by atoms with van der Waals surface area (Å²) in [4.78, 5) is 13.6. The maximum atomic E-state index is 13.8. The molecule has 0 saturated heterocycles. The molecule has 0 N–H and O–H groups in total. The highest BCUT2D eigenvalue weighted by Gasteiger charge is 2.30. The van der Waals surface area contributed by atoms with Crippen LogP contribution in [-0.4, -0.2) is 17.9 Å². The molecule has 2 rings (SSSR count). The molecule has 0 heterocycles. The Labute approximate surface area is 131 Å². The Hall–Kier alpha value is -2.37. The molecule has 0 spiro atoms. The summed E-state index contributed by atoms with van der Waals surface area (Å²) in [5.41, 5.74) is -0.363. The molecule has 0 saturated carbocycles. The van der Waals surface area contributed by atoms with E-state index in [1.165, 1.54) is 18.0 Å². The van der Waals surface area contributed by atoms with Gasteiger partial charge in [0.25, 0.3) is 5.91 Å². The quantitative estimate of drug-likeness (QED) is 0.751. The Morgan fingerprint density at radius 2 is 1.61 bits per heavy atom. The van der Waals surface area contributed by atoms with E-state index in [1.54, 1.807) is 25.1 Å². The summed E-state index contributed by atoms with van der Waals surface area (Å²) < 4.78 is 51.4. The molecule has 0 radical (unpaired) electrons. The van der Waals surface area contributed by atoms with Crippen molar-refractivity contribution in [1.82, 2.24) is 4.90 Å². The van der Waals surface area contributed by atoms with Crippen molar-refractivity contribution in [2.75, 3.05) is 7.05 Å². The highest BCUT2D eigenvalue weighted by Crippen LogP contribution is 2.29. The second-order valence-electron chi connectivity index (χ2n) is 5.19. The summed E-state index contributed by atoms with van der Waals surface area (Å²) in [5, 5.41) is 0. The molecule has 1 atom stereocenters. The molecule has 23 heavy (non-hydrogen) atoms. The van der Waals surface area contributed by atoms with Crippen LogP contribution in [0.3, 0.4) is 0 Å². The molecule has 0 aliphatic rings. The number of amides is 1. The fourth-order valence-electron chi connectivity index (χ4n) is 2.20. The molecule has 122 valence electrons. The minimum Gasteiger partial charge on any atom is -0.335 e. The third-order valence-corrected chi connectivity index (χ3v) is 3.72. The number of hydrogen-bond acceptors (Lipinski definition) is 1. The van der Waals surface area contributed by atoms with Crippen LogP contribution in [0.25, 0.3) is 0 Å². The van der Waals surface area contributed by atoms with Crippen molar-refractivity contribution in [1.29, 1.82) is 0 Å². The second-order valence-corrected chi connectivity index (χ2v) is 5.19. The van der Waals surface area contributed by atoms with Gasteiger partial charge in [-0.15, -0.1) is 0 Å². The first kappa shape index (κ1) is 17.0. The SMILES string of the molecule is CC(c1ccccc1F)N(C)C(=O)c1ccc(C(F)(F)F)cc1. The molecule has 1 unspecified atom stereocenters. The van der Waals surface area contributed by atoms with Gasteiger partial charge in [0.05, 0.1) is 11.6 Å². The van der Waals surface area contributed by atoms with Crippen molar-refractivity contribution >= 4 is 5.91 Å². The van der Waals surface area contributed by atoms with Crippen molar-refractivity contribution in [2.24, 2.45) is 0 Å². The minimum atomic E-state index is -4.45. The zero-order valence-corrected chi connectivity index (χ0v) is 12.6. The molecule has 2 aromatic carbocycles. The predicted octanol–water partition coefficient (Wildman–Crippen LogP) is 4.68. The highest BCUT2D eigenvalue weighted by molar-refractivity contribution is 5.94. The minimum absolute atomic E-state index is 0.115. The first-order valence-corrected chi connectivity index (χ1v) is 6.90. The van der Waals surface area contributed by atoms with E-state index in [0.717, 1.165) is 24.3 Å². The number of rotatable bonds is 3.